The van der Waals surface area contributed by atoms with E-state index in [4.69, 9.17) is 4.74 Å². The maximum absolute atomic E-state index is 12.4. The summed E-state index contributed by atoms with van der Waals surface area (Å²) in [6, 6.07) is 11.8. The fraction of sp³-hybridized carbons (Fsp3) is 0.474. The number of piperidine rings is 1. The van der Waals surface area contributed by atoms with Crippen molar-refractivity contribution in [3.63, 3.8) is 0 Å². The minimum Gasteiger partial charge on any atom is -0.393 e. The highest BCUT2D eigenvalue weighted by Gasteiger charge is 2.44. The van der Waals surface area contributed by atoms with E-state index in [2.05, 4.69) is 10.2 Å². The zero-order valence-electron chi connectivity index (χ0n) is 14.1. The smallest absolute Gasteiger partial charge is 0.271 e. The molecule has 6 heteroatoms. The van der Waals surface area contributed by atoms with Crippen molar-refractivity contribution in [2.75, 3.05) is 13.1 Å². The molecule has 4 rings (SSSR count). The lowest BCUT2D eigenvalue weighted by Crippen LogP contribution is -2.52. The monoisotopic (exact) mass is 341 g/mol. The molecular formula is C19H23N3O3. The summed E-state index contributed by atoms with van der Waals surface area (Å²) in [6.45, 7) is 1.26. The number of benzene rings is 1. The molecule has 1 amide bonds. The number of hydrogen-bond donors (Lipinski definition) is 2. The number of rotatable bonds is 2. The van der Waals surface area contributed by atoms with E-state index in [1.54, 1.807) is 12.3 Å². The number of carbonyl (C=O) groups is 1. The maximum Gasteiger partial charge on any atom is 0.271 e. The highest BCUT2D eigenvalue weighted by atomic mass is 16.5. The van der Waals surface area contributed by atoms with Gasteiger partial charge in [-0.05, 0) is 24.5 Å². The van der Waals surface area contributed by atoms with Crippen LogP contribution in [0.4, 0.5) is 0 Å². The highest BCUT2D eigenvalue weighted by Crippen LogP contribution is 2.43. The van der Waals surface area contributed by atoms with Gasteiger partial charge in [-0.1, -0.05) is 30.3 Å². The van der Waals surface area contributed by atoms with Crippen LogP contribution in [0, 0.1) is 0 Å². The van der Waals surface area contributed by atoms with E-state index in [-0.39, 0.29) is 23.7 Å². The fourth-order valence-corrected chi connectivity index (χ4v) is 4.01. The first-order valence-electron chi connectivity index (χ1n) is 8.85. The van der Waals surface area contributed by atoms with Crippen molar-refractivity contribution in [2.24, 2.45) is 0 Å². The van der Waals surface area contributed by atoms with Crippen LogP contribution in [0.25, 0.3) is 0 Å². The number of aliphatic hydroxyl groups excluding tert-OH is 1. The summed E-state index contributed by atoms with van der Waals surface area (Å²) in [5.41, 5.74) is 1.28. The quantitative estimate of drug-likeness (QED) is 0.878. The van der Waals surface area contributed by atoms with Gasteiger partial charge in [0.15, 0.2) is 0 Å². The van der Waals surface area contributed by atoms with E-state index in [0.29, 0.717) is 31.6 Å². The molecule has 0 radical (unpaired) electrons. The molecule has 2 fully saturated rings. The standard InChI is InChI=1S/C19H23N3O3/c23-15-12-17(14-4-2-1-3-5-14)25-19(13-15)7-10-22(11-8-19)18(24)16-6-9-20-21-16/h1-6,9,15,17,23H,7-8,10-13H2,(H,20,21)/t15-,17+/m0/s1. The molecule has 2 aliphatic heterocycles. The lowest BCUT2D eigenvalue weighted by molar-refractivity contribution is -0.181. The Kier molecular flexibility index (Phi) is 4.31. The Morgan fingerprint density at radius 2 is 2.00 bits per heavy atom. The van der Waals surface area contributed by atoms with Crippen LogP contribution in [0.1, 0.15) is 47.8 Å². The molecule has 1 aromatic carbocycles. The fourth-order valence-electron chi connectivity index (χ4n) is 4.01. The number of likely N-dealkylation sites (tertiary alicyclic amines) is 1. The minimum absolute atomic E-state index is 0.0247. The van der Waals surface area contributed by atoms with Crippen molar-refractivity contribution >= 4 is 5.91 Å². The number of nitrogens with one attached hydrogen (secondary N) is 1. The van der Waals surface area contributed by atoms with E-state index in [1.165, 1.54) is 0 Å². The number of amides is 1. The molecule has 2 aromatic rings. The van der Waals surface area contributed by atoms with Gasteiger partial charge < -0.3 is 14.7 Å². The lowest BCUT2D eigenvalue weighted by atomic mass is 9.81. The molecule has 25 heavy (non-hydrogen) atoms. The molecule has 2 saturated heterocycles. The predicted molar refractivity (Wildman–Crippen MR) is 92.0 cm³/mol. The zero-order valence-corrected chi connectivity index (χ0v) is 14.1. The van der Waals surface area contributed by atoms with Crippen LogP contribution >= 0.6 is 0 Å². The third kappa shape index (κ3) is 3.32. The summed E-state index contributed by atoms with van der Waals surface area (Å²) < 4.78 is 6.47. The van der Waals surface area contributed by atoms with Gasteiger partial charge in [0.05, 0.1) is 17.8 Å². The van der Waals surface area contributed by atoms with Crippen molar-refractivity contribution in [2.45, 2.75) is 43.5 Å². The number of H-pyrrole nitrogens is 1. The van der Waals surface area contributed by atoms with Crippen molar-refractivity contribution in [1.82, 2.24) is 15.1 Å². The third-order valence-corrected chi connectivity index (χ3v) is 5.35. The van der Waals surface area contributed by atoms with Crippen LogP contribution in [0.3, 0.4) is 0 Å². The summed E-state index contributed by atoms with van der Waals surface area (Å²) in [4.78, 5) is 14.3. The number of carbonyl (C=O) groups excluding carboxylic acids is 1. The van der Waals surface area contributed by atoms with Crippen molar-refractivity contribution in [1.29, 1.82) is 0 Å². The number of aromatic amines is 1. The Bertz CT molecular complexity index is 709. The molecule has 2 atom stereocenters. The van der Waals surface area contributed by atoms with Gasteiger partial charge in [0, 0.05) is 32.1 Å². The van der Waals surface area contributed by atoms with Crippen LogP contribution in [0.2, 0.25) is 0 Å². The van der Waals surface area contributed by atoms with Gasteiger partial charge in [0.1, 0.15) is 5.69 Å². The summed E-state index contributed by atoms with van der Waals surface area (Å²) in [6.07, 6.45) is 3.89. The van der Waals surface area contributed by atoms with Gasteiger partial charge in [0.2, 0.25) is 0 Å². The van der Waals surface area contributed by atoms with Crippen LogP contribution in [0.5, 0.6) is 0 Å². The maximum atomic E-state index is 12.4. The Morgan fingerprint density at radius 3 is 2.68 bits per heavy atom. The van der Waals surface area contributed by atoms with Gasteiger partial charge in [-0.2, -0.15) is 5.10 Å². The zero-order chi connectivity index (χ0) is 17.3. The van der Waals surface area contributed by atoms with Crippen molar-refractivity contribution in [3.05, 3.63) is 53.9 Å². The molecular weight excluding hydrogens is 318 g/mol. The molecule has 0 aliphatic carbocycles. The predicted octanol–water partition coefficient (Wildman–Crippen LogP) is 2.30. The normalized spacial score (nSPS) is 25.9. The van der Waals surface area contributed by atoms with Crippen LogP contribution in [-0.2, 0) is 4.74 Å². The Hall–Kier alpha value is -2.18. The average Bonchev–Trinajstić information content (AvgIpc) is 3.17. The molecule has 0 bridgehead atoms. The Balaban J connectivity index is 1.45. The molecule has 3 heterocycles. The Morgan fingerprint density at radius 1 is 1.24 bits per heavy atom. The minimum atomic E-state index is -0.367. The molecule has 1 aromatic heterocycles. The topological polar surface area (TPSA) is 78.5 Å². The van der Waals surface area contributed by atoms with E-state index >= 15 is 0 Å². The molecule has 2 N–H and O–H groups in total. The Labute approximate surface area is 146 Å². The van der Waals surface area contributed by atoms with Gasteiger partial charge >= 0.3 is 0 Å². The molecule has 2 aliphatic rings. The second-order valence-corrected chi connectivity index (χ2v) is 7.06. The first-order chi connectivity index (χ1) is 12.2. The largest absolute Gasteiger partial charge is 0.393 e. The van der Waals surface area contributed by atoms with Crippen LogP contribution in [0.15, 0.2) is 42.6 Å². The lowest BCUT2D eigenvalue weighted by Gasteiger charge is -2.48. The number of ether oxygens (including phenoxy) is 1. The van der Waals surface area contributed by atoms with E-state index in [9.17, 15) is 9.90 Å². The van der Waals surface area contributed by atoms with Gasteiger partial charge in [-0.3, -0.25) is 9.89 Å². The highest BCUT2D eigenvalue weighted by molar-refractivity contribution is 5.92. The number of aromatic nitrogens is 2. The SMILES string of the molecule is O=C(c1ccn[nH]1)N1CCC2(CC1)C[C@@H](O)C[C@H](c1ccccc1)O2. The number of nitrogens with zero attached hydrogens (tertiary/aromatic N) is 2. The van der Waals surface area contributed by atoms with Crippen molar-refractivity contribution < 1.29 is 14.6 Å². The second-order valence-electron chi connectivity index (χ2n) is 7.06. The molecule has 6 nitrogen and oxygen atoms in total. The van der Waals surface area contributed by atoms with E-state index in [1.807, 2.05) is 35.2 Å². The van der Waals surface area contributed by atoms with Gasteiger partial charge in [-0.15, -0.1) is 0 Å². The molecule has 1 spiro atoms. The summed E-state index contributed by atoms with van der Waals surface area (Å²) in [7, 11) is 0. The molecule has 0 saturated carbocycles. The van der Waals surface area contributed by atoms with E-state index in [0.717, 1.165) is 18.4 Å². The summed E-state index contributed by atoms with van der Waals surface area (Å²) in [5, 5.41) is 17.0. The van der Waals surface area contributed by atoms with E-state index < -0.39 is 0 Å². The molecule has 0 unspecified atom stereocenters. The first kappa shape index (κ1) is 16.3. The average molecular weight is 341 g/mol. The second kappa shape index (κ2) is 6.61. The van der Waals surface area contributed by atoms with Crippen LogP contribution < -0.4 is 0 Å². The van der Waals surface area contributed by atoms with Gasteiger partial charge in [0.25, 0.3) is 5.91 Å². The number of aliphatic hydroxyl groups is 1. The molecule has 132 valence electrons. The third-order valence-electron chi connectivity index (χ3n) is 5.35. The van der Waals surface area contributed by atoms with Crippen LogP contribution in [-0.4, -0.2) is 50.9 Å². The number of hydrogen-bond acceptors (Lipinski definition) is 4. The first-order valence-corrected chi connectivity index (χ1v) is 8.85. The van der Waals surface area contributed by atoms with Gasteiger partial charge in [-0.25, -0.2) is 0 Å². The summed E-state index contributed by atoms with van der Waals surface area (Å²) in [5.74, 6) is -0.0247. The summed E-state index contributed by atoms with van der Waals surface area (Å²) >= 11 is 0. The van der Waals surface area contributed by atoms with Crippen molar-refractivity contribution in [3.8, 4) is 0 Å².